The predicted octanol–water partition coefficient (Wildman–Crippen LogP) is 3.61. The Bertz CT molecular complexity index is 504. The fourth-order valence-electron chi connectivity index (χ4n) is 4.02. The number of carbonyl (C=O) groups is 1. The van der Waals surface area contributed by atoms with Crippen molar-refractivity contribution in [3.05, 3.63) is 12.7 Å². The van der Waals surface area contributed by atoms with Crippen molar-refractivity contribution >= 4 is 5.97 Å². The van der Waals surface area contributed by atoms with E-state index in [0.717, 1.165) is 6.92 Å². The van der Waals surface area contributed by atoms with Gasteiger partial charge in [0.25, 0.3) is 0 Å². The van der Waals surface area contributed by atoms with Crippen LogP contribution >= 0.6 is 0 Å². The first-order valence-corrected chi connectivity index (χ1v) is 7.47. The summed E-state index contributed by atoms with van der Waals surface area (Å²) in [5.74, 6) is -7.02. The molecular weight excluding hydrogens is 323 g/mol. The minimum atomic E-state index is -5.55. The van der Waals surface area contributed by atoms with Gasteiger partial charge in [-0.2, -0.15) is 22.0 Å². The van der Waals surface area contributed by atoms with Crippen LogP contribution < -0.4 is 0 Å². The van der Waals surface area contributed by atoms with Gasteiger partial charge in [-0.3, -0.25) is 0 Å². The molecule has 0 aliphatic heterocycles. The van der Waals surface area contributed by atoms with Gasteiger partial charge in [-0.05, 0) is 38.0 Å². The lowest BCUT2D eigenvalue weighted by Crippen LogP contribution is -2.70. The van der Waals surface area contributed by atoms with Gasteiger partial charge < -0.3 is 9.84 Å². The number of alkyl halides is 5. The third-order valence-electron chi connectivity index (χ3n) is 5.27. The summed E-state index contributed by atoms with van der Waals surface area (Å²) in [6, 6.07) is 0. The van der Waals surface area contributed by atoms with Crippen LogP contribution in [0.2, 0.25) is 0 Å². The molecule has 2 aliphatic rings. The number of esters is 1. The minimum absolute atomic E-state index is 0.238. The molecule has 0 aromatic carbocycles. The molecule has 2 rings (SSSR count). The molecule has 0 aromatic heterocycles. The standard InChI is InChI=1S/C15H19F5O3/c1-3-11(21)23-12(8-9-5-6-10(12)7-9)14(16,17)13(22,4-2)15(18,19)20/h3,9-10,22H,1,4-8H2,2H3. The first-order chi connectivity index (χ1) is 10.4. The smallest absolute Gasteiger partial charge is 0.423 e. The van der Waals surface area contributed by atoms with Crippen molar-refractivity contribution in [3.8, 4) is 0 Å². The van der Waals surface area contributed by atoms with Gasteiger partial charge >= 0.3 is 18.1 Å². The second-order valence-corrected chi connectivity index (χ2v) is 6.38. The maximum absolute atomic E-state index is 15.0. The lowest BCUT2D eigenvalue weighted by Gasteiger charge is -2.49. The van der Waals surface area contributed by atoms with Crippen LogP contribution in [0.25, 0.3) is 0 Å². The summed E-state index contributed by atoms with van der Waals surface area (Å²) < 4.78 is 74.4. The largest absolute Gasteiger partial charge is 0.449 e. The Labute approximate surface area is 130 Å². The highest BCUT2D eigenvalue weighted by molar-refractivity contribution is 5.81. The molecule has 132 valence electrons. The lowest BCUT2D eigenvalue weighted by atomic mass is 9.71. The summed E-state index contributed by atoms with van der Waals surface area (Å²) in [6.45, 7) is 3.94. The van der Waals surface area contributed by atoms with E-state index in [1.807, 2.05) is 0 Å². The number of aliphatic hydroxyl groups is 1. The fraction of sp³-hybridized carbons (Fsp3) is 0.800. The average Bonchev–Trinajstić information content (AvgIpc) is 3.05. The molecule has 2 fully saturated rings. The summed E-state index contributed by atoms with van der Waals surface area (Å²) in [4.78, 5) is 11.5. The maximum atomic E-state index is 15.0. The molecular formula is C15H19F5O3. The number of fused-ring (bicyclic) bond motifs is 2. The van der Waals surface area contributed by atoms with E-state index in [1.54, 1.807) is 0 Å². The molecule has 3 nitrogen and oxygen atoms in total. The second-order valence-electron chi connectivity index (χ2n) is 6.38. The molecule has 8 heteroatoms. The second kappa shape index (κ2) is 5.43. The van der Waals surface area contributed by atoms with Gasteiger partial charge in [-0.1, -0.05) is 13.5 Å². The number of hydrogen-bond donors (Lipinski definition) is 1. The van der Waals surface area contributed by atoms with E-state index >= 15 is 8.78 Å². The summed E-state index contributed by atoms with van der Waals surface area (Å²) in [7, 11) is 0. The molecule has 2 bridgehead atoms. The Morgan fingerprint density at radius 3 is 2.30 bits per heavy atom. The van der Waals surface area contributed by atoms with Gasteiger partial charge in [-0.15, -0.1) is 0 Å². The van der Waals surface area contributed by atoms with Gasteiger partial charge in [-0.25, -0.2) is 4.79 Å². The fourth-order valence-corrected chi connectivity index (χ4v) is 4.02. The summed E-state index contributed by atoms with van der Waals surface area (Å²) in [5, 5.41) is 9.83. The first kappa shape index (κ1) is 18.2. The predicted molar refractivity (Wildman–Crippen MR) is 70.7 cm³/mol. The van der Waals surface area contributed by atoms with Crippen molar-refractivity contribution in [2.24, 2.45) is 11.8 Å². The molecule has 0 spiro atoms. The van der Waals surface area contributed by atoms with E-state index in [0.29, 0.717) is 12.5 Å². The number of rotatable bonds is 5. The van der Waals surface area contributed by atoms with Crippen molar-refractivity contribution in [3.63, 3.8) is 0 Å². The van der Waals surface area contributed by atoms with Gasteiger partial charge in [0.1, 0.15) is 0 Å². The van der Waals surface area contributed by atoms with Gasteiger partial charge in [0.2, 0.25) is 5.60 Å². The summed E-state index contributed by atoms with van der Waals surface area (Å²) >= 11 is 0. The molecule has 0 heterocycles. The van der Waals surface area contributed by atoms with Crippen LogP contribution in [0.15, 0.2) is 12.7 Å². The molecule has 2 saturated carbocycles. The Morgan fingerprint density at radius 2 is 1.96 bits per heavy atom. The number of carbonyl (C=O) groups excluding carboxylic acids is 1. The zero-order valence-electron chi connectivity index (χ0n) is 12.6. The highest BCUT2D eigenvalue weighted by Gasteiger charge is 2.80. The Kier molecular flexibility index (Phi) is 4.29. The molecule has 0 radical (unpaired) electrons. The molecule has 0 saturated heterocycles. The van der Waals surface area contributed by atoms with Crippen molar-refractivity contribution in [2.45, 2.75) is 62.3 Å². The van der Waals surface area contributed by atoms with Crippen molar-refractivity contribution in [1.29, 1.82) is 0 Å². The van der Waals surface area contributed by atoms with Crippen LogP contribution in [0.1, 0.15) is 39.0 Å². The maximum Gasteiger partial charge on any atom is 0.423 e. The minimum Gasteiger partial charge on any atom is -0.449 e. The van der Waals surface area contributed by atoms with Crippen molar-refractivity contribution < 1.29 is 36.6 Å². The number of hydrogen-bond acceptors (Lipinski definition) is 3. The molecule has 2 aliphatic carbocycles. The van der Waals surface area contributed by atoms with Crippen LogP contribution in [0.4, 0.5) is 22.0 Å². The van der Waals surface area contributed by atoms with Crippen LogP contribution in [0.3, 0.4) is 0 Å². The topological polar surface area (TPSA) is 46.5 Å². The highest BCUT2D eigenvalue weighted by atomic mass is 19.4. The Morgan fingerprint density at radius 1 is 1.35 bits per heavy atom. The SMILES string of the molecule is C=CC(=O)OC1(C(F)(F)C(O)(CC)C(F)(F)F)CC2CCC1C2. The Hall–Kier alpha value is -1.18. The number of ether oxygens (including phenoxy) is 1. The van der Waals surface area contributed by atoms with Crippen LogP contribution in [-0.4, -0.2) is 34.4 Å². The monoisotopic (exact) mass is 342 g/mol. The first-order valence-electron chi connectivity index (χ1n) is 7.47. The zero-order valence-corrected chi connectivity index (χ0v) is 12.6. The average molecular weight is 342 g/mol. The van der Waals surface area contributed by atoms with E-state index in [4.69, 9.17) is 4.74 Å². The van der Waals surface area contributed by atoms with Gasteiger partial charge in [0, 0.05) is 12.0 Å². The third kappa shape index (κ3) is 2.37. The van der Waals surface area contributed by atoms with Gasteiger partial charge in [0.05, 0.1) is 0 Å². The van der Waals surface area contributed by atoms with Crippen LogP contribution in [0, 0.1) is 11.8 Å². The number of halogens is 5. The van der Waals surface area contributed by atoms with Gasteiger partial charge in [0.15, 0.2) is 5.60 Å². The quantitative estimate of drug-likeness (QED) is 0.472. The normalized spacial score (nSPS) is 33.3. The molecule has 23 heavy (non-hydrogen) atoms. The molecule has 4 atom stereocenters. The molecule has 1 N–H and O–H groups in total. The zero-order chi connectivity index (χ0) is 17.7. The van der Waals surface area contributed by atoms with E-state index in [1.165, 1.54) is 0 Å². The summed E-state index contributed by atoms with van der Waals surface area (Å²) in [5.41, 5.74) is -6.91. The van der Waals surface area contributed by atoms with Crippen molar-refractivity contribution in [2.75, 3.05) is 0 Å². The van der Waals surface area contributed by atoms with Crippen LogP contribution in [-0.2, 0) is 9.53 Å². The third-order valence-corrected chi connectivity index (χ3v) is 5.27. The van der Waals surface area contributed by atoms with E-state index in [-0.39, 0.29) is 25.2 Å². The van der Waals surface area contributed by atoms with Crippen molar-refractivity contribution in [1.82, 2.24) is 0 Å². The Balaban J connectivity index is 2.54. The van der Waals surface area contributed by atoms with E-state index in [2.05, 4.69) is 6.58 Å². The van der Waals surface area contributed by atoms with Crippen LogP contribution in [0.5, 0.6) is 0 Å². The molecule has 4 unspecified atom stereocenters. The molecule has 0 amide bonds. The summed E-state index contributed by atoms with van der Waals surface area (Å²) in [6.07, 6.45) is -5.44. The van der Waals surface area contributed by atoms with E-state index in [9.17, 15) is 23.1 Å². The molecule has 0 aromatic rings. The highest BCUT2D eigenvalue weighted by Crippen LogP contribution is 2.63. The van der Waals surface area contributed by atoms with E-state index < -0.39 is 41.6 Å². The lowest BCUT2D eigenvalue weighted by molar-refractivity contribution is -0.374.